The van der Waals surface area contributed by atoms with E-state index in [4.69, 9.17) is 4.74 Å². The van der Waals surface area contributed by atoms with Crippen LogP contribution in [0, 0.1) is 0 Å². The van der Waals surface area contributed by atoms with Gasteiger partial charge in [0.25, 0.3) is 5.91 Å². The van der Waals surface area contributed by atoms with E-state index in [2.05, 4.69) is 5.32 Å². The first-order chi connectivity index (χ1) is 14.5. The minimum atomic E-state index is -0.195. The number of amides is 2. The van der Waals surface area contributed by atoms with Crippen LogP contribution >= 0.6 is 11.3 Å². The number of anilines is 2. The molecule has 1 saturated carbocycles. The highest BCUT2D eigenvalue weighted by Gasteiger charge is 2.28. The van der Waals surface area contributed by atoms with Gasteiger partial charge in [-0.05, 0) is 48.1 Å². The molecule has 0 radical (unpaired) electrons. The molecular formula is C23H31N3O3S. The SMILES string of the molecule is COCC(=O)Nc1ccc(N(C)C)c(CN(C(=O)c2cccs2)C2CCCCC2)c1. The maximum atomic E-state index is 13.4. The minimum absolute atomic E-state index is 0.00975. The number of nitrogens with zero attached hydrogens (tertiary/aromatic N) is 2. The van der Waals surface area contributed by atoms with Crippen molar-refractivity contribution in [3.63, 3.8) is 0 Å². The van der Waals surface area contributed by atoms with E-state index in [0.717, 1.165) is 41.8 Å². The highest BCUT2D eigenvalue weighted by Crippen LogP contribution is 2.30. The van der Waals surface area contributed by atoms with E-state index in [1.54, 1.807) is 0 Å². The van der Waals surface area contributed by atoms with Gasteiger partial charge in [-0.3, -0.25) is 9.59 Å². The normalized spacial score (nSPS) is 14.4. The highest BCUT2D eigenvalue weighted by molar-refractivity contribution is 7.12. The Kier molecular flexibility index (Phi) is 7.87. The average Bonchev–Trinajstić information content (AvgIpc) is 3.27. The smallest absolute Gasteiger partial charge is 0.264 e. The number of carbonyl (C=O) groups is 2. The second-order valence-electron chi connectivity index (χ2n) is 7.92. The van der Waals surface area contributed by atoms with Crippen molar-refractivity contribution in [3.8, 4) is 0 Å². The fourth-order valence-corrected chi connectivity index (χ4v) is 4.72. The average molecular weight is 430 g/mol. The maximum Gasteiger partial charge on any atom is 0.264 e. The molecule has 162 valence electrons. The highest BCUT2D eigenvalue weighted by atomic mass is 32.1. The summed E-state index contributed by atoms with van der Waals surface area (Å²) < 4.78 is 4.91. The zero-order valence-corrected chi connectivity index (χ0v) is 18.8. The van der Waals surface area contributed by atoms with Crippen LogP contribution in [0.3, 0.4) is 0 Å². The Morgan fingerprint density at radius 1 is 1.17 bits per heavy atom. The van der Waals surface area contributed by atoms with Crippen molar-refractivity contribution < 1.29 is 14.3 Å². The van der Waals surface area contributed by atoms with E-state index in [-0.39, 0.29) is 24.5 Å². The summed E-state index contributed by atoms with van der Waals surface area (Å²) in [5.41, 5.74) is 2.77. The van der Waals surface area contributed by atoms with Crippen molar-refractivity contribution in [2.75, 3.05) is 38.0 Å². The maximum absolute atomic E-state index is 13.4. The Balaban J connectivity index is 1.91. The number of rotatable bonds is 8. The van der Waals surface area contributed by atoms with E-state index in [1.165, 1.54) is 24.9 Å². The van der Waals surface area contributed by atoms with Gasteiger partial charge in [0.15, 0.2) is 0 Å². The van der Waals surface area contributed by atoms with Crippen LogP contribution in [-0.4, -0.2) is 50.6 Å². The van der Waals surface area contributed by atoms with Crippen molar-refractivity contribution in [3.05, 3.63) is 46.2 Å². The Morgan fingerprint density at radius 3 is 2.57 bits per heavy atom. The number of methoxy groups -OCH3 is 1. The molecule has 6 nitrogen and oxygen atoms in total. The second kappa shape index (κ2) is 10.6. The van der Waals surface area contributed by atoms with Gasteiger partial charge in [-0.2, -0.15) is 0 Å². The topological polar surface area (TPSA) is 61.9 Å². The van der Waals surface area contributed by atoms with Gasteiger partial charge in [-0.1, -0.05) is 25.3 Å². The van der Waals surface area contributed by atoms with Crippen LogP contribution in [0.2, 0.25) is 0 Å². The molecule has 1 heterocycles. The van der Waals surface area contributed by atoms with E-state index in [9.17, 15) is 9.59 Å². The van der Waals surface area contributed by atoms with Gasteiger partial charge in [0.2, 0.25) is 5.91 Å². The molecule has 0 unspecified atom stereocenters. The lowest BCUT2D eigenvalue weighted by Gasteiger charge is -2.35. The molecule has 1 N–H and O–H groups in total. The fraction of sp³-hybridized carbons (Fsp3) is 0.478. The second-order valence-corrected chi connectivity index (χ2v) is 8.87. The molecule has 0 bridgehead atoms. The van der Waals surface area contributed by atoms with Crippen LogP contribution in [-0.2, 0) is 16.1 Å². The number of ether oxygens (including phenoxy) is 1. The molecule has 0 saturated heterocycles. The summed E-state index contributed by atoms with van der Waals surface area (Å²) >= 11 is 1.49. The van der Waals surface area contributed by atoms with Crippen LogP contribution in [0.25, 0.3) is 0 Å². The van der Waals surface area contributed by atoms with Crippen molar-refractivity contribution in [2.24, 2.45) is 0 Å². The quantitative estimate of drug-likeness (QED) is 0.677. The first kappa shape index (κ1) is 22.3. The molecule has 1 aromatic carbocycles. The lowest BCUT2D eigenvalue weighted by Crippen LogP contribution is -2.41. The van der Waals surface area contributed by atoms with Crippen molar-refractivity contribution in [2.45, 2.75) is 44.7 Å². The lowest BCUT2D eigenvalue weighted by molar-refractivity contribution is -0.119. The van der Waals surface area contributed by atoms with E-state index in [0.29, 0.717) is 12.2 Å². The van der Waals surface area contributed by atoms with Gasteiger partial charge < -0.3 is 19.9 Å². The Labute approximate surface area is 182 Å². The van der Waals surface area contributed by atoms with Crippen LogP contribution in [0.15, 0.2) is 35.7 Å². The molecule has 1 aliphatic rings. The summed E-state index contributed by atoms with van der Waals surface area (Å²) in [5.74, 6) is -0.102. The van der Waals surface area contributed by atoms with Crippen molar-refractivity contribution in [1.29, 1.82) is 0 Å². The molecule has 1 fully saturated rings. The first-order valence-electron chi connectivity index (χ1n) is 10.4. The molecule has 3 rings (SSSR count). The molecule has 0 aliphatic heterocycles. The lowest BCUT2D eigenvalue weighted by atomic mass is 9.93. The van der Waals surface area contributed by atoms with Gasteiger partial charge in [0, 0.05) is 45.2 Å². The number of benzene rings is 1. The largest absolute Gasteiger partial charge is 0.377 e. The molecule has 1 aromatic heterocycles. The predicted octanol–water partition coefficient (Wildman–Crippen LogP) is 4.37. The zero-order valence-electron chi connectivity index (χ0n) is 18.0. The van der Waals surface area contributed by atoms with E-state index >= 15 is 0 Å². The standard InChI is InChI=1S/C23H31N3O3S/c1-25(2)20-12-11-18(24-22(27)16-29-3)14-17(20)15-26(19-8-5-4-6-9-19)23(28)21-10-7-13-30-21/h7,10-14,19H,4-6,8-9,15-16H2,1-3H3,(H,24,27). The third-order valence-electron chi connectivity index (χ3n) is 5.47. The Bertz CT molecular complexity index is 845. The molecule has 1 aliphatic carbocycles. The Hall–Kier alpha value is -2.38. The molecule has 0 atom stereocenters. The van der Waals surface area contributed by atoms with Gasteiger partial charge in [0.05, 0.1) is 4.88 Å². The van der Waals surface area contributed by atoms with Gasteiger partial charge in [-0.25, -0.2) is 0 Å². The third kappa shape index (κ3) is 5.61. The minimum Gasteiger partial charge on any atom is -0.377 e. The van der Waals surface area contributed by atoms with Crippen molar-refractivity contribution >= 4 is 34.5 Å². The molecule has 30 heavy (non-hydrogen) atoms. The number of hydrogen-bond acceptors (Lipinski definition) is 5. The first-order valence-corrected chi connectivity index (χ1v) is 11.3. The molecule has 2 aromatic rings. The molecular weight excluding hydrogens is 398 g/mol. The Morgan fingerprint density at radius 2 is 1.93 bits per heavy atom. The number of thiophene rings is 1. The predicted molar refractivity (Wildman–Crippen MR) is 122 cm³/mol. The van der Waals surface area contributed by atoms with Crippen LogP contribution in [0.4, 0.5) is 11.4 Å². The monoisotopic (exact) mass is 429 g/mol. The van der Waals surface area contributed by atoms with Crippen LogP contribution in [0.1, 0.15) is 47.3 Å². The molecule has 0 spiro atoms. The summed E-state index contributed by atoms with van der Waals surface area (Å²) in [7, 11) is 5.49. The summed E-state index contributed by atoms with van der Waals surface area (Å²) in [6.07, 6.45) is 5.64. The fourth-order valence-electron chi connectivity index (χ4n) is 4.04. The number of hydrogen-bond donors (Lipinski definition) is 1. The van der Waals surface area contributed by atoms with Crippen molar-refractivity contribution in [1.82, 2.24) is 4.90 Å². The molecule has 7 heteroatoms. The van der Waals surface area contributed by atoms with Gasteiger partial charge >= 0.3 is 0 Å². The summed E-state index contributed by atoms with van der Waals surface area (Å²) in [5, 5.41) is 4.82. The summed E-state index contributed by atoms with van der Waals surface area (Å²) in [6, 6.07) is 9.92. The third-order valence-corrected chi connectivity index (χ3v) is 6.33. The van der Waals surface area contributed by atoms with E-state index in [1.807, 2.05) is 59.6 Å². The van der Waals surface area contributed by atoms with Gasteiger partial charge in [-0.15, -0.1) is 11.3 Å². The number of carbonyl (C=O) groups excluding carboxylic acids is 2. The van der Waals surface area contributed by atoms with Crippen LogP contribution < -0.4 is 10.2 Å². The number of nitrogens with one attached hydrogen (secondary N) is 1. The van der Waals surface area contributed by atoms with Crippen LogP contribution in [0.5, 0.6) is 0 Å². The summed E-state index contributed by atoms with van der Waals surface area (Å²) in [4.78, 5) is 30.2. The van der Waals surface area contributed by atoms with E-state index < -0.39 is 0 Å². The zero-order chi connectivity index (χ0) is 21.5. The summed E-state index contributed by atoms with van der Waals surface area (Å²) in [6.45, 7) is 0.527. The molecule has 2 amide bonds. The van der Waals surface area contributed by atoms with Gasteiger partial charge in [0.1, 0.15) is 6.61 Å².